The zero-order valence-corrected chi connectivity index (χ0v) is 9.26. The molecule has 0 radical (unpaired) electrons. The standard InChI is InChI=1S/C10H8ClN3O3/c11-7-1-2-8(9(3-7)14(16)17)10(15)6-4-12-13-5-6/h1-5,10,15H,(H,12,13). The van der Waals surface area contributed by atoms with Crippen molar-refractivity contribution in [2.45, 2.75) is 6.10 Å². The van der Waals surface area contributed by atoms with Crippen molar-refractivity contribution in [3.05, 3.63) is 56.9 Å². The second-order valence-corrected chi connectivity index (χ2v) is 3.83. The molecule has 0 bridgehead atoms. The molecule has 17 heavy (non-hydrogen) atoms. The van der Waals surface area contributed by atoms with E-state index in [4.69, 9.17) is 11.6 Å². The van der Waals surface area contributed by atoms with E-state index >= 15 is 0 Å². The number of nitro benzene ring substituents is 1. The zero-order chi connectivity index (χ0) is 12.4. The minimum absolute atomic E-state index is 0.181. The predicted octanol–water partition coefficient (Wildman–Crippen LogP) is 2.05. The quantitative estimate of drug-likeness (QED) is 0.647. The van der Waals surface area contributed by atoms with E-state index in [0.29, 0.717) is 5.56 Å². The van der Waals surface area contributed by atoms with Gasteiger partial charge in [-0.1, -0.05) is 11.6 Å². The van der Waals surface area contributed by atoms with Crippen LogP contribution in [0.15, 0.2) is 30.6 Å². The van der Waals surface area contributed by atoms with Crippen molar-refractivity contribution in [1.29, 1.82) is 0 Å². The molecular formula is C10H8ClN3O3. The van der Waals surface area contributed by atoms with Gasteiger partial charge in [-0.05, 0) is 12.1 Å². The van der Waals surface area contributed by atoms with E-state index in [-0.39, 0.29) is 16.3 Å². The third-order valence-corrected chi connectivity index (χ3v) is 2.55. The molecule has 1 aromatic carbocycles. The SMILES string of the molecule is O=[N+]([O-])c1cc(Cl)ccc1C(O)c1cn[nH]c1. The number of nitro groups is 1. The number of rotatable bonds is 3. The van der Waals surface area contributed by atoms with Crippen molar-refractivity contribution in [3.8, 4) is 0 Å². The average Bonchev–Trinajstić information content (AvgIpc) is 2.81. The number of aromatic amines is 1. The molecule has 0 aliphatic heterocycles. The highest BCUT2D eigenvalue weighted by Crippen LogP contribution is 2.31. The van der Waals surface area contributed by atoms with E-state index in [0.717, 1.165) is 0 Å². The Kier molecular flexibility index (Phi) is 3.08. The van der Waals surface area contributed by atoms with Crippen molar-refractivity contribution in [2.75, 3.05) is 0 Å². The largest absolute Gasteiger partial charge is 0.383 e. The Bertz CT molecular complexity index is 542. The maximum Gasteiger partial charge on any atom is 0.277 e. The molecule has 88 valence electrons. The molecule has 7 heteroatoms. The first-order chi connectivity index (χ1) is 8.09. The van der Waals surface area contributed by atoms with Crippen molar-refractivity contribution in [2.24, 2.45) is 0 Å². The molecule has 1 unspecified atom stereocenters. The van der Waals surface area contributed by atoms with Gasteiger partial charge in [-0.15, -0.1) is 0 Å². The fourth-order valence-corrected chi connectivity index (χ4v) is 1.66. The molecule has 1 heterocycles. The van der Waals surface area contributed by atoms with Crippen LogP contribution in [0, 0.1) is 10.1 Å². The minimum atomic E-state index is -1.11. The maximum atomic E-state index is 10.9. The molecule has 0 saturated heterocycles. The molecule has 1 aromatic heterocycles. The Morgan fingerprint density at radius 1 is 1.53 bits per heavy atom. The number of aromatic nitrogens is 2. The van der Waals surface area contributed by atoms with Gasteiger partial charge in [0.15, 0.2) is 0 Å². The van der Waals surface area contributed by atoms with Crippen LogP contribution in [-0.2, 0) is 0 Å². The molecular weight excluding hydrogens is 246 g/mol. The number of halogens is 1. The summed E-state index contributed by atoms with van der Waals surface area (Å²) in [4.78, 5) is 10.3. The molecule has 2 aromatic rings. The van der Waals surface area contributed by atoms with Crippen LogP contribution in [-0.4, -0.2) is 20.2 Å². The van der Waals surface area contributed by atoms with Crippen molar-refractivity contribution >= 4 is 17.3 Å². The van der Waals surface area contributed by atoms with Crippen LogP contribution in [0.4, 0.5) is 5.69 Å². The fourth-order valence-electron chi connectivity index (χ4n) is 1.50. The van der Waals surface area contributed by atoms with Crippen LogP contribution in [0.5, 0.6) is 0 Å². The number of nitrogens with zero attached hydrogens (tertiary/aromatic N) is 2. The second kappa shape index (κ2) is 4.52. The number of nitrogens with one attached hydrogen (secondary N) is 1. The highest BCUT2D eigenvalue weighted by atomic mass is 35.5. The number of aliphatic hydroxyl groups excluding tert-OH is 1. The van der Waals surface area contributed by atoms with E-state index in [1.165, 1.54) is 30.6 Å². The molecule has 0 saturated carbocycles. The van der Waals surface area contributed by atoms with E-state index in [2.05, 4.69) is 10.2 Å². The van der Waals surface area contributed by atoms with Crippen LogP contribution in [0.25, 0.3) is 0 Å². The average molecular weight is 254 g/mol. The summed E-state index contributed by atoms with van der Waals surface area (Å²) in [6.45, 7) is 0. The third-order valence-electron chi connectivity index (χ3n) is 2.32. The lowest BCUT2D eigenvalue weighted by Gasteiger charge is -2.09. The summed E-state index contributed by atoms with van der Waals surface area (Å²) >= 11 is 5.69. The third kappa shape index (κ3) is 2.27. The summed E-state index contributed by atoms with van der Waals surface area (Å²) in [6, 6.07) is 4.13. The summed E-state index contributed by atoms with van der Waals surface area (Å²) in [7, 11) is 0. The second-order valence-electron chi connectivity index (χ2n) is 3.39. The Morgan fingerprint density at radius 2 is 2.29 bits per heavy atom. The summed E-state index contributed by atoms with van der Waals surface area (Å²) in [5.41, 5.74) is 0.419. The number of hydrogen-bond acceptors (Lipinski definition) is 4. The highest BCUT2D eigenvalue weighted by molar-refractivity contribution is 6.30. The fraction of sp³-hybridized carbons (Fsp3) is 0.100. The van der Waals surface area contributed by atoms with E-state index in [1.54, 1.807) is 0 Å². The lowest BCUT2D eigenvalue weighted by molar-refractivity contribution is -0.386. The number of H-pyrrole nitrogens is 1. The summed E-state index contributed by atoms with van der Waals surface area (Å²) in [5.74, 6) is 0. The van der Waals surface area contributed by atoms with Gasteiger partial charge in [0.2, 0.25) is 0 Å². The van der Waals surface area contributed by atoms with Crippen molar-refractivity contribution in [1.82, 2.24) is 10.2 Å². The van der Waals surface area contributed by atoms with Gasteiger partial charge in [-0.25, -0.2) is 0 Å². The van der Waals surface area contributed by atoms with Gasteiger partial charge in [-0.2, -0.15) is 5.10 Å². The van der Waals surface area contributed by atoms with Gasteiger partial charge in [-0.3, -0.25) is 15.2 Å². The number of hydrogen-bond donors (Lipinski definition) is 2. The lowest BCUT2D eigenvalue weighted by atomic mass is 10.0. The van der Waals surface area contributed by atoms with E-state index < -0.39 is 11.0 Å². The molecule has 6 nitrogen and oxygen atoms in total. The summed E-state index contributed by atoms with van der Waals surface area (Å²) in [5, 5.41) is 27.3. The normalized spacial score (nSPS) is 12.4. The number of benzene rings is 1. The monoisotopic (exact) mass is 253 g/mol. The van der Waals surface area contributed by atoms with Crippen LogP contribution in [0.1, 0.15) is 17.2 Å². The Morgan fingerprint density at radius 3 is 2.88 bits per heavy atom. The van der Waals surface area contributed by atoms with E-state index in [9.17, 15) is 15.2 Å². The minimum Gasteiger partial charge on any atom is -0.383 e. The highest BCUT2D eigenvalue weighted by Gasteiger charge is 2.22. The molecule has 0 spiro atoms. The first-order valence-electron chi connectivity index (χ1n) is 4.70. The lowest BCUT2D eigenvalue weighted by Crippen LogP contribution is -2.03. The van der Waals surface area contributed by atoms with Crippen LogP contribution >= 0.6 is 11.6 Å². The van der Waals surface area contributed by atoms with Crippen LogP contribution < -0.4 is 0 Å². The Hall–Kier alpha value is -1.92. The number of aliphatic hydroxyl groups is 1. The molecule has 0 aliphatic carbocycles. The first-order valence-corrected chi connectivity index (χ1v) is 5.08. The molecule has 0 amide bonds. The van der Waals surface area contributed by atoms with Gasteiger partial charge in [0.25, 0.3) is 5.69 Å². The molecule has 1 atom stereocenters. The molecule has 0 fully saturated rings. The van der Waals surface area contributed by atoms with Crippen LogP contribution in [0.3, 0.4) is 0 Å². The van der Waals surface area contributed by atoms with E-state index in [1.807, 2.05) is 0 Å². The van der Waals surface area contributed by atoms with Gasteiger partial charge < -0.3 is 5.11 Å². The van der Waals surface area contributed by atoms with Gasteiger partial charge >= 0.3 is 0 Å². The smallest absolute Gasteiger partial charge is 0.277 e. The van der Waals surface area contributed by atoms with Crippen LogP contribution in [0.2, 0.25) is 5.02 Å². The van der Waals surface area contributed by atoms with Gasteiger partial charge in [0.05, 0.1) is 16.7 Å². The maximum absolute atomic E-state index is 10.9. The Balaban J connectivity index is 2.48. The summed E-state index contributed by atoms with van der Waals surface area (Å²) in [6.07, 6.45) is 1.78. The topological polar surface area (TPSA) is 92.1 Å². The summed E-state index contributed by atoms with van der Waals surface area (Å²) < 4.78 is 0. The van der Waals surface area contributed by atoms with Gasteiger partial charge in [0.1, 0.15) is 6.10 Å². The molecule has 0 aliphatic rings. The predicted molar refractivity (Wildman–Crippen MR) is 60.8 cm³/mol. The zero-order valence-electron chi connectivity index (χ0n) is 8.50. The first kappa shape index (κ1) is 11.6. The van der Waals surface area contributed by atoms with Crippen molar-refractivity contribution in [3.63, 3.8) is 0 Å². The van der Waals surface area contributed by atoms with Gasteiger partial charge in [0, 0.05) is 22.8 Å². The van der Waals surface area contributed by atoms with Crippen molar-refractivity contribution < 1.29 is 10.0 Å². The molecule has 2 rings (SSSR count). The molecule has 2 N–H and O–H groups in total. The Labute approximate surface area is 101 Å².